The monoisotopic (exact) mass is 479 g/mol. The zero-order chi connectivity index (χ0) is 25.1. The summed E-state index contributed by atoms with van der Waals surface area (Å²) < 4.78 is 18.7. The molecule has 1 heterocycles. The van der Waals surface area contributed by atoms with Crippen molar-refractivity contribution in [2.24, 2.45) is 0 Å². The topological polar surface area (TPSA) is 110 Å². The Morgan fingerprint density at radius 3 is 1.94 bits per heavy atom. The third-order valence-electron chi connectivity index (χ3n) is 5.40. The number of carboxylic acids is 2. The van der Waals surface area contributed by atoms with Crippen LogP contribution in [0.25, 0.3) is 0 Å². The van der Waals surface area contributed by atoms with Crippen LogP contribution in [-0.4, -0.2) is 56.5 Å². The summed E-state index contributed by atoms with van der Waals surface area (Å²) >= 11 is 0. The highest BCUT2D eigenvalue weighted by molar-refractivity contribution is 6.26. The number of quaternary nitrogens is 1. The first-order chi connectivity index (χ1) is 16.9. The van der Waals surface area contributed by atoms with Crippen LogP contribution < -0.4 is 14.7 Å². The van der Waals surface area contributed by atoms with Gasteiger partial charge in [-0.1, -0.05) is 78.9 Å². The molecule has 0 amide bonds. The van der Waals surface area contributed by atoms with Gasteiger partial charge in [-0.3, -0.25) is 0 Å². The molecule has 2 unspecified atom stereocenters. The second-order valence-electron chi connectivity index (χ2n) is 8.06. The Morgan fingerprint density at radius 1 is 0.971 bits per heavy atom. The standard InChI is InChI=1S/C25H27NO3.C2H2O4/c1-26(17-18-27-23-15-9-4-10-16-23)19-24-20-28-25(29-24,21-11-5-2-6-12-21)22-13-7-3-8-14-22;3-1(4)2(5)6/h2-16,24H,17-20H2,1H3;(H,3,4)(H,5,6). The highest BCUT2D eigenvalue weighted by atomic mass is 16.7. The average molecular weight is 480 g/mol. The maximum atomic E-state index is 9.04. The Kier molecular flexibility index (Phi) is 9.37. The molecular formula is C27H29NO7. The summed E-state index contributed by atoms with van der Waals surface area (Å²) in [5.41, 5.74) is 2.05. The number of likely N-dealkylation sites (N-methyl/N-ethyl adjacent to an activating group) is 1. The number of hydrogen-bond donors (Lipinski definition) is 2. The van der Waals surface area contributed by atoms with E-state index in [1.165, 1.54) is 4.90 Å². The lowest BCUT2D eigenvalue weighted by molar-refractivity contribution is -0.882. The van der Waals surface area contributed by atoms with Crippen LogP contribution in [0.3, 0.4) is 0 Å². The van der Waals surface area contributed by atoms with Crippen molar-refractivity contribution in [3.05, 3.63) is 102 Å². The summed E-state index contributed by atoms with van der Waals surface area (Å²) in [6, 6.07) is 30.3. The van der Waals surface area contributed by atoms with E-state index in [1.807, 2.05) is 66.7 Å². The van der Waals surface area contributed by atoms with Crippen molar-refractivity contribution in [1.29, 1.82) is 0 Å². The third-order valence-corrected chi connectivity index (χ3v) is 5.40. The fourth-order valence-electron chi connectivity index (χ4n) is 3.75. The molecule has 0 radical (unpaired) electrons. The fourth-order valence-corrected chi connectivity index (χ4v) is 3.75. The molecule has 0 aliphatic carbocycles. The molecule has 3 aromatic carbocycles. The zero-order valence-corrected chi connectivity index (χ0v) is 19.5. The number of carboxylic acid groups (broad SMARTS) is 2. The molecule has 184 valence electrons. The molecule has 1 aliphatic rings. The molecule has 8 heteroatoms. The van der Waals surface area contributed by atoms with E-state index < -0.39 is 17.7 Å². The quantitative estimate of drug-likeness (QED) is 0.458. The first kappa shape index (κ1) is 25.9. The number of benzene rings is 3. The van der Waals surface area contributed by atoms with Crippen LogP contribution in [0.4, 0.5) is 0 Å². The van der Waals surface area contributed by atoms with Crippen LogP contribution in [0.15, 0.2) is 91.0 Å². The fraction of sp³-hybridized carbons (Fsp3) is 0.259. The molecule has 0 bridgehead atoms. The number of nitrogens with one attached hydrogen (secondary N) is 1. The summed E-state index contributed by atoms with van der Waals surface area (Å²) in [6.07, 6.45) is 0.0205. The maximum absolute atomic E-state index is 9.04. The van der Waals surface area contributed by atoms with Gasteiger partial charge in [0, 0.05) is 11.1 Å². The Balaban J connectivity index is 0.000000509. The van der Waals surface area contributed by atoms with Gasteiger partial charge in [0.05, 0.1) is 13.7 Å². The van der Waals surface area contributed by atoms with Crippen molar-refractivity contribution in [3.63, 3.8) is 0 Å². The number of ether oxygens (including phenoxy) is 3. The maximum Gasteiger partial charge on any atom is 0.351 e. The van der Waals surface area contributed by atoms with Gasteiger partial charge < -0.3 is 34.1 Å². The second kappa shape index (κ2) is 12.7. The lowest BCUT2D eigenvalue weighted by atomic mass is 9.97. The normalized spacial score (nSPS) is 17.0. The van der Waals surface area contributed by atoms with E-state index in [2.05, 4.69) is 31.3 Å². The smallest absolute Gasteiger partial charge is 0.351 e. The van der Waals surface area contributed by atoms with Crippen LogP contribution in [0.5, 0.6) is 5.75 Å². The zero-order valence-electron chi connectivity index (χ0n) is 19.5. The summed E-state index contributed by atoms with van der Waals surface area (Å²) in [5, 5.41) is 16.3. The lowest BCUT2D eigenvalue weighted by Crippen LogP contribution is -3.10. The van der Waals surface area contributed by atoms with E-state index in [4.69, 9.17) is 34.0 Å². The van der Waals surface area contributed by atoms with E-state index in [1.54, 1.807) is 0 Å². The Morgan fingerprint density at radius 2 is 1.46 bits per heavy atom. The van der Waals surface area contributed by atoms with Crippen LogP contribution in [-0.2, 0) is 24.8 Å². The Hall–Kier alpha value is -3.72. The van der Waals surface area contributed by atoms with Crippen molar-refractivity contribution in [2.45, 2.75) is 11.9 Å². The van der Waals surface area contributed by atoms with E-state index in [9.17, 15) is 0 Å². The summed E-state index contributed by atoms with van der Waals surface area (Å²) in [6.45, 7) is 3.00. The molecule has 1 saturated heterocycles. The molecule has 35 heavy (non-hydrogen) atoms. The lowest BCUT2D eigenvalue weighted by Gasteiger charge is -2.29. The number of aliphatic carboxylic acids is 2. The van der Waals surface area contributed by atoms with Crippen molar-refractivity contribution >= 4 is 11.9 Å². The van der Waals surface area contributed by atoms with Gasteiger partial charge in [-0.15, -0.1) is 0 Å². The Labute approximate surface area is 204 Å². The first-order valence-corrected chi connectivity index (χ1v) is 11.3. The summed E-state index contributed by atoms with van der Waals surface area (Å²) in [4.78, 5) is 19.4. The predicted molar refractivity (Wildman–Crippen MR) is 126 cm³/mol. The van der Waals surface area contributed by atoms with Gasteiger partial charge in [-0.05, 0) is 12.1 Å². The number of hydrogen-bond acceptors (Lipinski definition) is 6. The third kappa shape index (κ3) is 7.38. The van der Waals surface area contributed by atoms with Gasteiger partial charge in [0.25, 0.3) is 0 Å². The first-order valence-electron chi connectivity index (χ1n) is 11.3. The minimum absolute atomic E-state index is 0.0205. The Bertz CT molecular complexity index is 1010. The van der Waals surface area contributed by atoms with Crippen molar-refractivity contribution in [3.8, 4) is 5.75 Å². The van der Waals surface area contributed by atoms with E-state index in [-0.39, 0.29) is 6.10 Å². The van der Waals surface area contributed by atoms with Crippen LogP contribution in [0, 0.1) is 0 Å². The van der Waals surface area contributed by atoms with E-state index in [0.717, 1.165) is 30.0 Å². The summed E-state index contributed by atoms with van der Waals surface area (Å²) in [7, 11) is 2.17. The molecular weight excluding hydrogens is 450 g/mol. The number of rotatable bonds is 8. The number of carbonyl (C=O) groups is 2. The van der Waals surface area contributed by atoms with Gasteiger partial charge in [-0.25, -0.2) is 4.79 Å². The van der Waals surface area contributed by atoms with Crippen molar-refractivity contribution in [1.82, 2.24) is 0 Å². The largest absolute Gasteiger partial charge is 0.539 e. The van der Waals surface area contributed by atoms with Crippen LogP contribution in [0.2, 0.25) is 0 Å². The number of para-hydroxylation sites is 1. The predicted octanol–water partition coefficient (Wildman–Crippen LogP) is 0.718. The minimum Gasteiger partial charge on any atom is -0.539 e. The highest BCUT2D eigenvalue weighted by Crippen LogP contribution is 2.40. The molecule has 3 aromatic rings. The molecule has 0 spiro atoms. The van der Waals surface area contributed by atoms with Crippen molar-refractivity contribution in [2.75, 3.05) is 33.4 Å². The van der Waals surface area contributed by atoms with Gasteiger partial charge >= 0.3 is 5.97 Å². The highest BCUT2D eigenvalue weighted by Gasteiger charge is 2.45. The van der Waals surface area contributed by atoms with Gasteiger partial charge in [0.15, 0.2) is 5.97 Å². The van der Waals surface area contributed by atoms with Crippen LogP contribution >= 0.6 is 0 Å². The van der Waals surface area contributed by atoms with Crippen molar-refractivity contribution < 1.29 is 38.9 Å². The summed E-state index contributed by atoms with van der Waals surface area (Å²) in [5.74, 6) is -3.94. The molecule has 8 nitrogen and oxygen atoms in total. The SMILES string of the molecule is C[NH+](CCOc1ccccc1)CC1COC(c2ccccc2)(c2ccccc2)O1.O=C([O-])C(=O)O. The average Bonchev–Trinajstić information content (AvgIpc) is 3.31. The minimum atomic E-state index is -2.07. The van der Waals surface area contributed by atoms with E-state index >= 15 is 0 Å². The molecule has 0 saturated carbocycles. The van der Waals surface area contributed by atoms with Gasteiger partial charge in [0.1, 0.15) is 31.5 Å². The molecule has 0 aromatic heterocycles. The molecule has 2 N–H and O–H groups in total. The number of carbonyl (C=O) groups excluding carboxylic acids is 1. The molecule has 1 aliphatic heterocycles. The molecule has 1 fully saturated rings. The molecule has 2 atom stereocenters. The molecule has 4 rings (SSSR count). The second-order valence-corrected chi connectivity index (χ2v) is 8.06. The van der Waals surface area contributed by atoms with E-state index in [0.29, 0.717) is 13.2 Å². The van der Waals surface area contributed by atoms with Gasteiger partial charge in [-0.2, -0.15) is 0 Å². The van der Waals surface area contributed by atoms with Gasteiger partial charge in [0.2, 0.25) is 5.79 Å². The van der Waals surface area contributed by atoms with Crippen LogP contribution in [0.1, 0.15) is 11.1 Å².